The van der Waals surface area contributed by atoms with E-state index in [1.165, 1.54) is 18.9 Å². The molecule has 0 bridgehead atoms. The smallest absolute Gasteiger partial charge is 0.244 e. The predicted molar refractivity (Wildman–Crippen MR) is 121 cm³/mol. The Hall–Kier alpha value is -3.28. The number of carbonyl (C=O) groups excluding carboxylic acids is 2. The molecule has 2 N–H and O–H groups in total. The van der Waals surface area contributed by atoms with Crippen LogP contribution < -0.4 is 20.1 Å². The molecule has 1 aliphatic carbocycles. The van der Waals surface area contributed by atoms with Gasteiger partial charge in [0.05, 0.1) is 13.2 Å². The lowest BCUT2D eigenvalue weighted by Gasteiger charge is -2.20. The Balaban J connectivity index is 1.55. The Labute approximate surface area is 183 Å². The predicted octanol–water partition coefficient (Wildman–Crippen LogP) is 3.85. The van der Waals surface area contributed by atoms with Gasteiger partial charge in [0.2, 0.25) is 11.8 Å². The summed E-state index contributed by atoms with van der Waals surface area (Å²) in [6.07, 6.45) is 7.72. The van der Waals surface area contributed by atoms with Gasteiger partial charge in [0.25, 0.3) is 0 Å². The standard InChI is InChI=1S/C25H30N2O4/c1-18(27-23(28)16-15-19-9-4-3-5-10-19)25(29)26-17-20-11-8-14-22(30-2)24(20)31-21-12-6-7-13-21/h3-5,8-11,14-16,18,21H,6-7,12-13,17H2,1-2H3,(H,26,29)(H,27,28)/b16-15+. The second kappa shape index (κ2) is 11.2. The van der Waals surface area contributed by atoms with Crippen LogP contribution in [0.2, 0.25) is 0 Å². The maximum Gasteiger partial charge on any atom is 0.244 e. The molecule has 2 aromatic rings. The molecular formula is C25H30N2O4. The number of hydrogen-bond acceptors (Lipinski definition) is 4. The maximum absolute atomic E-state index is 12.5. The number of ether oxygens (including phenoxy) is 2. The molecule has 0 radical (unpaired) electrons. The first-order valence-corrected chi connectivity index (χ1v) is 10.7. The number of amides is 2. The number of nitrogens with one attached hydrogen (secondary N) is 2. The van der Waals surface area contributed by atoms with Crippen molar-refractivity contribution in [3.05, 3.63) is 65.7 Å². The van der Waals surface area contributed by atoms with Gasteiger partial charge >= 0.3 is 0 Å². The molecule has 31 heavy (non-hydrogen) atoms. The van der Waals surface area contributed by atoms with Crippen molar-refractivity contribution in [2.24, 2.45) is 0 Å². The SMILES string of the molecule is COc1cccc(CNC(=O)C(C)NC(=O)/C=C/c2ccccc2)c1OC1CCCC1. The van der Waals surface area contributed by atoms with Gasteiger partial charge in [-0.1, -0.05) is 42.5 Å². The Morgan fingerprint density at radius 3 is 2.55 bits per heavy atom. The molecule has 6 heteroatoms. The molecule has 1 saturated carbocycles. The van der Waals surface area contributed by atoms with Gasteiger partial charge in [-0.25, -0.2) is 0 Å². The number of para-hydroxylation sites is 1. The minimum Gasteiger partial charge on any atom is -0.493 e. The van der Waals surface area contributed by atoms with Gasteiger partial charge in [-0.15, -0.1) is 0 Å². The minimum absolute atomic E-state index is 0.181. The third-order valence-corrected chi connectivity index (χ3v) is 5.30. The van der Waals surface area contributed by atoms with E-state index in [0.717, 1.165) is 24.0 Å². The van der Waals surface area contributed by atoms with Crippen LogP contribution in [0.15, 0.2) is 54.6 Å². The van der Waals surface area contributed by atoms with E-state index in [-0.39, 0.29) is 24.5 Å². The fraction of sp³-hybridized carbons (Fsp3) is 0.360. The fourth-order valence-corrected chi connectivity index (χ4v) is 3.57. The van der Waals surface area contributed by atoms with E-state index in [0.29, 0.717) is 11.5 Å². The summed E-state index contributed by atoms with van der Waals surface area (Å²) in [5.41, 5.74) is 1.77. The molecule has 2 amide bonds. The molecule has 1 unspecified atom stereocenters. The lowest BCUT2D eigenvalue weighted by Crippen LogP contribution is -2.44. The summed E-state index contributed by atoms with van der Waals surface area (Å²) in [5.74, 6) is 0.750. The quantitative estimate of drug-likeness (QED) is 0.602. The number of benzene rings is 2. The van der Waals surface area contributed by atoms with Gasteiger partial charge in [0, 0.05) is 18.2 Å². The van der Waals surface area contributed by atoms with E-state index in [2.05, 4.69) is 10.6 Å². The fourth-order valence-electron chi connectivity index (χ4n) is 3.57. The number of hydrogen-bond donors (Lipinski definition) is 2. The zero-order valence-corrected chi connectivity index (χ0v) is 18.1. The van der Waals surface area contributed by atoms with Gasteiger partial charge in [0.1, 0.15) is 6.04 Å². The molecule has 164 valence electrons. The summed E-state index contributed by atoms with van der Waals surface area (Å²) in [5, 5.41) is 5.57. The average molecular weight is 423 g/mol. The van der Waals surface area contributed by atoms with Gasteiger partial charge < -0.3 is 20.1 Å². The Kier molecular flexibility index (Phi) is 8.10. The third-order valence-electron chi connectivity index (χ3n) is 5.30. The van der Waals surface area contributed by atoms with E-state index >= 15 is 0 Å². The molecule has 0 spiro atoms. The zero-order chi connectivity index (χ0) is 22.1. The highest BCUT2D eigenvalue weighted by molar-refractivity contribution is 5.95. The van der Waals surface area contributed by atoms with Gasteiger partial charge in [-0.2, -0.15) is 0 Å². The first-order valence-electron chi connectivity index (χ1n) is 10.7. The van der Waals surface area contributed by atoms with Crippen molar-refractivity contribution in [2.45, 2.75) is 51.3 Å². The number of methoxy groups -OCH3 is 1. The Morgan fingerprint density at radius 2 is 1.84 bits per heavy atom. The second-order valence-electron chi connectivity index (χ2n) is 7.66. The highest BCUT2D eigenvalue weighted by Crippen LogP contribution is 2.34. The molecule has 2 aromatic carbocycles. The molecule has 0 aliphatic heterocycles. The monoisotopic (exact) mass is 422 g/mol. The molecule has 1 aliphatic rings. The van der Waals surface area contributed by atoms with Crippen LogP contribution in [0.5, 0.6) is 11.5 Å². The highest BCUT2D eigenvalue weighted by Gasteiger charge is 2.21. The molecule has 6 nitrogen and oxygen atoms in total. The van der Waals surface area contributed by atoms with Crippen molar-refractivity contribution in [3.8, 4) is 11.5 Å². The van der Waals surface area contributed by atoms with Crippen LogP contribution in [-0.2, 0) is 16.1 Å². The van der Waals surface area contributed by atoms with Crippen molar-refractivity contribution in [3.63, 3.8) is 0 Å². The molecule has 0 heterocycles. The van der Waals surface area contributed by atoms with Crippen LogP contribution in [0.1, 0.15) is 43.7 Å². The van der Waals surface area contributed by atoms with Crippen molar-refractivity contribution in [1.29, 1.82) is 0 Å². The summed E-state index contributed by atoms with van der Waals surface area (Å²) in [7, 11) is 1.61. The molecular weight excluding hydrogens is 392 g/mol. The average Bonchev–Trinajstić information content (AvgIpc) is 3.30. The lowest BCUT2D eigenvalue weighted by molar-refractivity contribution is -0.126. The Morgan fingerprint density at radius 1 is 1.10 bits per heavy atom. The van der Waals surface area contributed by atoms with E-state index in [9.17, 15) is 9.59 Å². The first-order chi connectivity index (χ1) is 15.1. The van der Waals surface area contributed by atoms with Crippen LogP contribution in [0.25, 0.3) is 6.08 Å². The largest absolute Gasteiger partial charge is 0.493 e. The van der Waals surface area contributed by atoms with Crippen molar-refractivity contribution in [1.82, 2.24) is 10.6 Å². The summed E-state index contributed by atoms with van der Waals surface area (Å²) < 4.78 is 11.7. The van der Waals surface area contributed by atoms with Crippen LogP contribution in [0.4, 0.5) is 0 Å². The second-order valence-corrected chi connectivity index (χ2v) is 7.66. The summed E-state index contributed by atoms with van der Waals surface area (Å²) in [6.45, 7) is 1.95. The van der Waals surface area contributed by atoms with Gasteiger partial charge in [-0.3, -0.25) is 9.59 Å². The van der Waals surface area contributed by atoms with Crippen molar-refractivity contribution >= 4 is 17.9 Å². The highest BCUT2D eigenvalue weighted by atomic mass is 16.5. The third kappa shape index (κ3) is 6.60. The Bertz CT molecular complexity index is 905. The topological polar surface area (TPSA) is 76.7 Å². The van der Waals surface area contributed by atoms with Crippen LogP contribution in [-0.4, -0.2) is 31.1 Å². The van der Waals surface area contributed by atoms with Crippen LogP contribution in [0, 0.1) is 0 Å². The molecule has 0 aromatic heterocycles. The molecule has 1 fully saturated rings. The van der Waals surface area contributed by atoms with Crippen molar-refractivity contribution in [2.75, 3.05) is 7.11 Å². The number of rotatable bonds is 9. The van der Waals surface area contributed by atoms with E-state index in [1.54, 1.807) is 20.1 Å². The molecule has 0 saturated heterocycles. The van der Waals surface area contributed by atoms with Crippen LogP contribution in [0.3, 0.4) is 0 Å². The van der Waals surface area contributed by atoms with E-state index in [4.69, 9.17) is 9.47 Å². The minimum atomic E-state index is -0.669. The normalized spacial score (nSPS) is 14.9. The van der Waals surface area contributed by atoms with E-state index < -0.39 is 6.04 Å². The van der Waals surface area contributed by atoms with E-state index in [1.807, 2.05) is 48.5 Å². The van der Waals surface area contributed by atoms with Gasteiger partial charge in [0.15, 0.2) is 11.5 Å². The first kappa shape index (κ1) is 22.4. The zero-order valence-electron chi connectivity index (χ0n) is 18.1. The number of carbonyl (C=O) groups is 2. The summed E-state index contributed by atoms with van der Waals surface area (Å²) in [6, 6.07) is 14.5. The summed E-state index contributed by atoms with van der Waals surface area (Å²) >= 11 is 0. The van der Waals surface area contributed by atoms with Crippen LogP contribution >= 0.6 is 0 Å². The van der Waals surface area contributed by atoms with Crippen molar-refractivity contribution < 1.29 is 19.1 Å². The summed E-state index contributed by atoms with van der Waals surface area (Å²) in [4.78, 5) is 24.6. The molecule has 3 rings (SSSR count). The maximum atomic E-state index is 12.5. The lowest BCUT2D eigenvalue weighted by atomic mass is 10.1. The molecule has 1 atom stereocenters. The van der Waals surface area contributed by atoms with Gasteiger partial charge in [-0.05, 0) is 50.3 Å².